The van der Waals surface area contributed by atoms with Crippen LogP contribution in [0.25, 0.3) is 0 Å². The van der Waals surface area contributed by atoms with Crippen molar-refractivity contribution in [2.24, 2.45) is 0 Å². The summed E-state index contributed by atoms with van der Waals surface area (Å²) in [6.07, 6.45) is 0. The van der Waals surface area contributed by atoms with Crippen molar-refractivity contribution in [3.05, 3.63) is 67.6 Å². The fraction of sp³-hybridized carbons (Fsp3) is 0.0769. The molecule has 0 bridgehead atoms. The lowest BCUT2D eigenvalue weighted by atomic mass is 10.2. The van der Waals surface area contributed by atoms with Crippen LogP contribution >= 0.6 is 27.5 Å². The molecule has 0 amide bonds. The van der Waals surface area contributed by atoms with Crippen molar-refractivity contribution < 1.29 is 4.92 Å². The molecule has 0 fully saturated rings. The van der Waals surface area contributed by atoms with Crippen LogP contribution in [0.2, 0.25) is 5.02 Å². The van der Waals surface area contributed by atoms with Crippen molar-refractivity contribution in [1.29, 1.82) is 0 Å². The van der Waals surface area contributed by atoms with Gasteiger partial charge in [0.25, 0.3) is 5.69 Å². The Bertz CT molecular complexity index is 602. The van der Waals surface area contributed by atoms with E-state index in [2.05, 4.69) is 21.2 Å². The average Bonchev–Trinajstić information content (AvgIpc) is 2.38. The molecule has 0 aliphatic carbocycles. The molecule has 0 aliphatic rings. The minimum atomic E-state index is -0.414. The van der Waals surface area contributed by atoms with Gasteiger partial charge in [-0.25, -0.2) is 0 Å². The zero-order valence-electron chi connectivity index (χ0n) is 9.77. The molecular formula is C13H10BrClN2O2. The average molecular weight is 342 g/mol. The molecule has 19 heavy (non-hydrogen) atoms. The fourth-order valence-corrected chi connectivity index (χ4v) is 2.31. The van der Waals surface area contributed by atoms with E-state index >= 15 is 0 Å². The van der Waals surface area contributed by atoms with Gasteiger partial charge in [0.2, 0.25) is 0 Å². The molecule has 4 nitrogen and oxygen atoms in total. The van der Waals surface area contributed by atoms with E-state index < -0.39 is 4.92 Å². The van der Waals surface area contributed by atoms with E-state index in [0.29, 0.717) is 11.6 Å². The van der Waals surface area contributed by atoms with Gasteiger partial charge < -0.3 is 5.32 Å². The zero-order valence-corrected chi connectivity index (χ0v) is 12.1. The number of hydrogen-bond acceptors (Lipinski definition) is 3. The summed E-state index contributed by atoms with van der Waals surface area (Å²) in [4.78, 5) is 10.1. The SMILES string of the molecule is O=[N+]([O-])c1ccc(CNc2ccc(Br)cc2Cl)cc1. The Morgan fingerprint density at radius 1 is 1.21 bits per heavy atom. The first kappa shape index (κ1) is 13.8. The second-order valence-electron chi connectivity index (χ2n) is 3.90. The van der Waals surface area contributed by atoms with E-state index in [9.17, 15) is 10.1 Å². The van der Waals surface area contributed by atoms with Gasteiger partial charge in [0.05, 0.1) is 15.6 Å². The maximum Gasteiger partial charge on any atom is 0.269 e. The third kappa shape index (κ3) is 3.68. The summed E-state index contributed by atoms with van der Waals surface area (Å²) in [6, 6.07) is 12.0. The van der Waals surface area contributed by atoms with Crippen LogP contribution in [0.4, 0.5) is 11.4 Å². The Morgan fingerprint density at radius 2 is 1.89 bits per heavy atom. The van der Waals surface area contributed by atoms with E-state index in [-0.39, 0.29) is 5.69 Å². The third-order valence-electron chi connectivity index (χ3n) is 2.56. The second kappa shape index (κ2) is 6.04. The van der Waals surface area contributed by atoms with Gasteiger partial charge in [0.1, 0.15) is 0 Å². The monoisotopic (exact) mass is 340 g/mol. The molecule has 0 aromatic heterocycles. The van der Waals surface area contributed by atoms with Gasteiger partial charge >= 0.3 is 0 Å². The molecule has 0 spiro atoms. The number of rotatable bonds is 4. The van der Waals surface area contributed by atoms with Crippen LogP contribution in [0.5, 0.6) is 0 Å². The van der Waals surface area contributed by atoms with Gasteiger partial charge in [0, 0.05) is 23.2 Å². The van der Waals surface area contributed by atoms with Crippen molar-refractivity contribution >= 4 is 38.9 Å². The molecule has 2 aromatic rings. The minimum absolute atomic E-state index is 0.0884. The Morgan fingerprint density at radius 3 is 2.47 bits per heavy atom. The molecule has 0 aliphatic heterocycles. The first-order chi connectivity index (χ1) is 9.06. The van der Waals surface area contributed by atoms with Crippen molar-refractivity contribution in [3.8, 4) is 0 Å². The standard InChI is InChI=1S/C13H10BrClN2O2/c14-10-3-6-13(12(15)7-10)16-8-9-1-4-11(5-2-9)17(18)19/h1-7,16H,8H2. The molecule has 98 valence electrons. The molecule has 0 heterocycles. The minimum Gasteiger partial charge on any atom is -0.380 e. The van der Waals surface area contributed by atoms with Gasteiger partial charge in [-0.05, 0) is 23.8 Å². The van der Waals surface area contributed by atoms with Crippen LogP contribution in [0.15, 0.2) is 46.9 Å². The molecule has 0 radical (unpaired) electrons. The lowest BCUT2D eigenvalue weighted by Gasteiger charge is -2.08. The molecule has 1 N–H and O–H groups in total. The Balaban J connectivity index is 2.04. The summed E-state index contributed by atoms with van der Waals surface area (Å²) >= 11 is 9.42. The number of nitro benzene ring substituents is 1. The molecule has 0 saturated carbocycles. The van der Waals surface area contributed by atoms with Gasteiger partial charge in [-0.2, -0.15) is 0 Å². The van der Waals surface area contributed by atoms with E-state index in [1.807, 2.05) is 12.1 Å². The smallest absolute Gasteiger partial charge is 0.269 e. The van der Waals surface area contributed by atoms with Gasteiger partial charge in [-0.3, -0.25) is 10.1 Å². The van der Waals surface area contributed by atoms with Crippen LogP contribution in [0.1, 0.15) is 5.56 Å². The number of non-ortho nitro benzene ring substituents is 1. The number of anilines is 1. The van der Waals surface area contributed by atoms with Crippen LogP contribution in [-0.4, -0.2) is 4.92 Å². The highest BCUT2D eigenvalue weighted by Gasteiger charge is 2.04. The normalized spacial score (nSPS) is 10.2. The molecular weight excluding hydrogens is 332 g/mol. The summed E-state index contributed by atoms with van der Waals surface area (Å²) in [6.45, 7) is 0.555. The summed E-state index contributed by atoms with van der Waals surface area (Å²) < 4.78 is 0.915. The first-order valence-electron chi connectivity index (χ1n) is 5.48. The lowest BCUT2D eigenvalue weighted by molar-refractivity contribution is -0.384. The second-order valence-corrected chi connectivity index (χ2v) is 5.22. The summed E-state index contributed by atoms with van der Waals surface area (Å²) in [5, 5.41) is 14.3. The van der Waals surface area contributed by atoms with E-state index in [4.69, 9.17) is 11.6 Å². The Labute approximate surface area is 123 Å². The number of benzene rings is 2. The number of halogens is 2. The number of hydrogen-bond donors (Lipinski definition) is 1. The van der Waals surface area contributed by atoms with Crippen molar-refractivity contribution in [2.75, 3.05) is 5.32 Å². The highest BCUT2D eigenvalue weighted by molar-refractivity contribution is 9.10. The number of nitrogens with zero attached hydrogens (tertiary/aromatic N) is 1. The van der Waals surface area contributed by atoms with Crippen LogP contribution in [-0.2, 0) is 6.54 Å². The topological polar surface area (TPSA) is 55.2 Å². The predicted molar refractivity (Wildman–Crippen MR) is 79.6 cm³/mol. The molecule has 2 rings (SSSR count). The number of nitrogens with one attached hydrogen (secondary N) is 1. The number of nitro groups is 1. The van der Waals surface area contributed by atoms with Crippen LogP contribution in [0, 0.1) is 10.1 Å². The zero-order chi connectivity index (χ0) is 13.8. The molecule has 0 unspecified atom stereocenters. The first-order valence-corrected chi connectivity index (χ1v) is 6.65. The Hall–Kier alpha value is -1.59. The fourth-order valence-electron chi connectivity index (χ4n) is 1.57. The summed E-state index contributed by atoms with van der Waals surface area (Å²) in [5.41, 5.74) is 1.86. The van der Waals surface area contributed by atoms with E-state index in [1.54, 1.807) is 18.2 Å². The van der Waals surface area contributed by atoms with Gasteiger partial charge in [-0.15, -0.1) is 0 Å². The van der Waals surface area contributed by atoms with E-state index in [0.717, 1.165) is 15.7 Å². The molecule has 0 saturated heterocycles. The highest BCUT2D eigenvalue weighted by atomic mass is 79.9. The molecule has 6 heteroatoms. The van der Waals surface area contributed by atoms with Gasteiger partial charge in [-0.1, -0.05) is 39.7 Å². The highest BCUT2D eigenvalue weighted by Crippen LogP contribution is 2.26. The maximum absolute atomic E-state index is 10.5. The Kier molecular flexibility index (Phi) is 4.39. The maximum atomic E-state index is 10.5. The van der Waals surface area contributed by atoms with E-state index in [1.165, 1.54) is 12.1 Å². The lowest BCUT2D eigenvalue weighted by Crippen LogP contribution is -2.00. The quantitative estimate of drug-likeness (QED) is 0.652. The third-order valence-corrected chi connectivity index (χ3v) is 3.37. The van der Waals surface area contributed by atoms with Crippen LogP contribution < -0.4 is 5.32 Å². The van der Waals surface area contributed by atoms with Crippen molar-refractivity contribution in [2.45, 2.75) is 6.54 Å². The van der Waals surface area contributed by atoms with Crippen molar-refractivity contribution in [3.63, 3.8) is 0 Å². The summed E-state index contributed by atoms with van der Waals surface area (Å²) in [7, 11) is 0. The van der Waals surface area contributed by atoms with Crippen molar-refractivity contribution in [1.82, 2.24) is 0 Å². The molecule has 0 atom stereocenters. The molecule has 2 aromatic carbocycles. The van der Waals surface area contributed by atoms with Gasteiger partial charge in [0.15, 0.2) is 0 Å². The van der Waals surface area contributed by atoms with Crippen LogP contribution in [0.3, 0.4) is 0 Å². The largest absolute Gasteiger partial charge is 0.380 e. The summed E-state index contributed by atoms with van der Waals surface area (Å²) in [5.74, 6) is 0. The predicted octanol–water partition coefficient (Wildman–Crippen LogP) is 4.62.